The van der Waals surface area contributed by atoms with Crippen LogP contribution in [0.3, 0.4) is 0 Å². The molecule has 1 heterocycles. The maximum Gasteiger partial charge on any atom is 0.331 e. The Balaban J connectivity index is 2.05. The van der Waals surface area contributed by atoms with Crippen LogP contribution in [0.4, 0.5) is 0 Å². The van der Waals surface area contributed by atoms with Crippen molar-refractivity contribution in [3.63, 3.8) is 0 Å². The molecule has 0 N–H and O–H groups in total. The highest BCUT2D eigenvalue weighted by atomic mass is 35.5. The first kappa shape index (κ1) is 14.8. The average molecular weight is 298 g/mol. The van der Waals surface area contributed by atoms with Crippen LogP contribution in [0.5, 0.6) is 0 Å². The first-order chi connectivity index (χ1) is 9.61. The largest absolute Gasteiger partial charge is 0.467 e. The van der Waals surface area contributed by atoms with Crippen molar-refractivity contribution in [1.82, 2.24) is 4.90 Å². The summed E-state index contributed by atoms with van der Waals surface area (Å²) in [5.41, 5.74) is 0.856. The van der Waals surface area contributed by atoms with Gasteiger partial charge in [-0.15, -0.1) is 0 Å². The van der Waals surface area contributed by atoms with Crippen LogP contribution in [-0.2, 0) is 25.5 Å². The van der Waals surface area contributed by atoms with E-state index in [9.17, 15) is 9.59 Å². The normalized spacial score (nSPS) is 18.7. The molecule has 5 nitrogen and oxygen atoms in total. The zero-order valence-electron chi connectivity index (χ0n) is 11.2. The molecule has 1 aliphatic heterocycles. The molecule has 0 aliphatic carbocycles. The molecule has 1 aliphatic rings. The smallest absolute Gasteiger partial charge is 0.331 e. The Morgan fingerprint density at radius 2 is 2.10 bits per heavy atom. The molecule has 0 bridgehead atoms. The number of carbonyl (C=O) groups is 2. The minimum atomic E-state index is -0.659. The first-order valence-electron chi connectivity index (χ1n) is 6.31. The monoisotopic (exact) mass is 297 g/mol. The van der Waals surface area contributed by atoms with Crippen molar-refractivity contribution < 1.29 is 19.1 Å². The third-order valence-corrected chi connectivity index (χ3v) is 3.44. The number of amides is 1. The molecule has 0 aromatic heterocycles. The SMILES string of the molecule is COC(=O)C1COCCN1C(=O)Cc1ccc(Cl)cc1. The second-order valence-electron chi connectivity index (χ2n) is 4.50. The minimum absolute atomic E-state index is 0.119. The van der Waals surface area contributed by atoms with Crippen molar-refractivity contribution in [1.29, 1.82) is 0 Å². The van der Waals surface area contributed by atoms with Crippen LogP contribution >= 0.6 is 11.6 Å². The number of esters is 1. The molecular formula is C14H16ClNO4. The van der Waals surface area contributed by atoms with E-state index in [1.54, 1.807) is 24.3 Å². The summed E-state index contributed by atoms with van der Waals surface area (Å²) in [4.78, 5) is 25.5. The summed E-state index contributed by atoms with van der Waals surface area (Å²) < 4.78 is 9.95. The number of benzene rings is 1. The molecule has 6 heteroatoms. The second-order valence-corrected chi connectivity index (χ2v) is 4.94. The highest BCUT2D eigenvalue weighted by Gasteiger charge is 2.33. The highest BCUT2D eigenvalue weighted by Crippen LogP contribution is 2.14. The van der Waals surface area contributed by atoms with E-state index in [0.29, 0.717) is 18.2 Å². The fourth-order valence-corrected chi connectivity index (χ4v) is 2.24. The van der Waals surface area contributed by atoms with Gasteiger partial charge in [0.15, 0.2) is 6.04 Å². The van der Waals surface area contributed by atoms with Crippen LogP contribution in [-0.4, -0.2) is 49.7 Å². The lowest BCUT2D eigenvalue weighted by molar-refractivity contribution is -0.160. The van der Waals surface area contributed by atoms with E-state index in [1.807, 2.05) is 0 Å². The molecule has 1 aromatic rings. The molecule has 0 saturated carbocycles. The fourth-order valence-electron chi connectivity index (χ4n) is 2.11. The van der Waals surface area contributed by atoms with Crippen LogP contribution in [0.1, 0.15) is 5.56 Å². The Hall–Kier alpha value is -1.59. The molecule has 0 radical (unpaired) electrons. The van der Waals surface area contributed by atoms with Crippen LogP contribution < -0.4 is 0 Å². The van der Waals surface area contributed by atoms with Crippen molar-refractivity contribution in [3.8, 4) is 0 Å². The lowest BCUT2D eigenvalue weighted by Crippen LogP contribution is -2.53. The first-order valence-corrected chi connectivity index (χ1v) is 6.69. The lowest BCUT2D eigenvalue weighted by atomic mass is 10.1. The van der Waals surface area contributed by atoms with Crippen molar-refractivity contribution in [2.24, 2.45) is 0 Å². The lowest BCUT2D eigenvalue weighted by Gasteiger charge is -2.33. The maximum absolute atomic E-state index is 12.3. The summed E-state index contributed by atoms with van der Waals surface area (Å²) in [7, 11) is 1.30. The Bertz CT molecular complexity index is 488. The molecule has 2 rings (SSSR count). The van der Waals surface area contributed by atoms with Gasteiger partial charge in [0.1, 0.15) is 0 Å². The number of hydrogen-bond donors (Lipinski definition) is 0. The zero-order chi connectivity index (χ0) is 14.5. The van der Waals surface area contributed by atoms with Gasteiger partial charge in [0.25, 0.3) is 0 Å². The summed E-state index contributed by atoms with van der Waals surface area (Å²) >= 11 is 5.81. The molecule has 1 unspecified atom stereocenters. The Labute approximate surface area is 122 Å². The molecule has 0 spiro atoms. The van der Waals surface area contributed by atoms with E-state index in [2.05, 4.69) is 0 Å². The number of morpholine rings is 1. The van der Waals surface area contributed by atoms with Crippen LogP contribution in [0.25, 0.3) is 0 Å². The van der Waals surface area contributed by atoms with Gasteiger partial charge in [0.2, 0.25) is 5.91 Å². The number of ether oxygens (including phenoxy) is 2. The van der Waals surface area contributed by atoms with E-state index in [-0.39, 0.29) is 18.9 Å². The average Bonchev–Trinajstić information content (AvgIpc) is 2.48. The summed E-state index contributed by atoms with van der Waals surface area (Å²) in [6, 6.07) is 6.41. The van der Waals surface area contributed by atoms with E-state index < -0.39 is 12.0 Å². The van der Waals surface area contributed by atoms with Crippen molar-refractivity contribution in [2.45, 2.75) is 12.5 Å². The molecule has 20 heavy (non-hydrogen) atoms. The summed E-state index contributed by atoms with van der Waals surface area (Å²) in [5.74, 6) is -0.569. The number of methoxy groups -OCH3 is 1. The summed E-state index contributed by atoms with van der Waals surface area (Å²) in [6.07, 6.45) is 0.227. The number of hydrogen-bond acceptors (Lipinski definition) is 4. The van der Waals surface area contributed by atoms with Gasteiger partial charge in [-0.05, 0) is 17.7 Å². The van der Waals surface area contributed by atoms with E-state index in [4.69, 9.17) is 21.1 Å². The van der Waals surface area contributed by atoms with Crippen LogP contribution in [0.2, 0.25) is 5.02 Å². The van der Waals surface area contributed by atoms with Crippen LogP contribution in [0.15, 0.2) is 24.3 Å². The fraction of sp³-hybridized carbons (Fsp3) is 0.429. The Morgan fingerprint density at radius 1 is 1.40 bits per heavy atom. The number of nitrogens with zero attached hydrogens (tertiary/aromatic N) is 1. The van der Waals surface area contributed by atoms with Gasteiger partial charge < -0.3 is 14.4 Å². The van der Waals surface area contributed by atoms with Gasteiger partial charge in [0.05, 0.1) is 26.7 Å². The second kappa shape index (κ2) is 6.72. The van der Waals surface area contributed by atoms with E-state index in [1.165, 1.54) is 12.0 Å². The van der Waals surface area contributed by atoms with Crippen LogP contribution in [0, 0.1) is 0 Å². The molecule has 1 saturated heterocycles. The van der Waals surface area contributed by atoms with Crippen molar-refractivity contribution >= 4 is 23.5 Å². The summed E-state index contributed by atoms with van der Waals surface area (Å²) in [6.45, 7) is 1.01. The standard InChI is InChI=1S/C14H16ClNO4/c1-19-14(18)12-9-20-7-6-16(12)13(17)8-10-2-4-11(15)5-3-10/h2-5,12H,6-9H2,1H3. The Morgan fingerprint density at radius 3 is 2.75 bits per heavy atom. The molecule has 1 aromatic carbocycles. The topological polar surface area (TPSA) is 55.8 Å². The minimum Gasteiger partial charge on any atom is -0.467 e. The molecule has 108 valence electrons. The predicted octanol–water partition coefficient (Wildman–Crippen LogP) is 1.28. The maximum atomic E-state index is 12.3. The summed E-state index contributed by atoms with van der Waals surface area (Å²) in [5, 5.41) is 0.625. The third kappa shape index (κ3) is 3.49. The van der Waals surface area contributed by atoms with E-state index in [0.717, 1.165) is 5.56 Å². The molecule has 1 atom stereocenters. The quantitative estimate of drug-likeness (QED) is 0.789. The van der Waals surface area contributed by atoms with Gasteiger partial charge in [-0.25, -0.2) is 4.79 Å². The number of halogens is 1. The molecule has 1 amide bonds. The van der Waals surface area contributed by atoms with Gasteiger partial charge in [-0.3, -0.25) is 4.79 Å². The van der Waals surface area contributed by atoms with Gasteiger partial charge in [0, 0.05) is 11.6 Å². The Kier molecular flexibility index (Phi) is 4.98. The molecular weight excluding hydrogens is 282 g/mol. The van der Waals surface area contributed by atoms with Gasteiger partial charge >= 0.3 is 5.97 Å². The van der Waals surface area contributed by atoms with E-state index >= 15 is 0 Å². The van der Waals surface area contributed by atoms with Gasteiger partial charge in [-0.2, -0.15) is 0 Å². The van der Waals surface area contributed by atoms with Crippen molar-refractivity contribution in [2.75, 3.05) is 26.9 Å². The number of rotatable bonds is 3. The molecule has 1 fully saturated rings. The third-order valence-electron chi connectivity index (χ3n) is 3.19. The van der Waals surface area contributed by atoms with Crippen molar-refractivity contribution in [3.05, 3.63) is 34.9 Å². The predicted molar refractivity (Wildman–Crippen MR) is 73.5 cm³/mol. The highest BCUT2D eigenvalue weighted by molar-refractivity contribution is 6.30. The zero-order valence-corrected chi connectivity index (χ0v) is 11.9. The van der Waals surface area contributed by atoms with Gasteiger partial charge in [-0.1, -0.05) is 23.7 Å². The number of carbonyl (C=O) groups excluding carboxylic acids is 2.